The number of nitrogens with zero attached hydrogens (tertiary/aromatic N) is 1. The van der Waals surface area contributed by atoms with Crippen LogP contribution in [-0.2, 0) is 5.41 Å². The van der Waals surface area contributed by atoms with Gasteiger partial charge in [-0.15, -0.1) is 0 Å². The van der Waals surface area contributed by atoms with Gasteiger partial charge in [0.1, 0.15) is 11.5 Å². The normalized spacial score (nSPS) is 16.6. The zero-order valence-corrected chi connectivity index (χ0v) is 16.3. The van der Waals surface area contributed by atoms with Gasteiger partial charge in [0, 0.05) is 12.1 Å². The van der Waals surface area contributed by atoms with Crippen molar-refractivity contribution in [2.45, 2.75) is 52.0 Å². The van der Waals surface area contributed by atoms with Crippen LogP contribution in [0, 0.1) is 6.92 Å². The Morgan fingerprint density at radius 1 is 1.12 bits per heavy atom. The summed E-state index contributed by atoms with van der Waals surface area (Å²) in [4.78, 5) is 15.0. The number of benzene rings is 1. The molecule has 1 atom stereocenters. The third-order valence-corrected chi connectivity index (χ3v) is 5.14. The lowest BCUT2D eigenvalue weighted by atomic mass is 9.87. The molecule has 140 valence electrons. The van der Waals surface area contributed by atoms with Gasteiger partial charge in [0.05, 0.1) is 6.04 Å². The summed E-state index contributed by atoms with van der Waals surface area (Å²) in [5.41, 5.74) is 2.02. The molecule has 1 aromatic heterocycles. The summed E-state index contributed by atoms with van der Waals surface area (Å²) in [7, 11) is 0. The van der Waals surface area contributed by atoms with E-state index >= 15 is 0 Å². The molecule has 4 heteroatoms. The van der Waals surface area contributed by atoms with Gasteiger partial charge in [-0.2, -0.15) is 0 Å². The number of likely N-dealkylation sites (tertiary alicyclic amines) is 1. The molecule has 1 aromatic carbocycles. The molecule has 26 heavy (non-hydrogen) atoms. The Kier molecular flexibility index (Phi) is 5.52. The molecule has 0 bridgehead atoms. The summed E-state index contributed by atoms with van der Waals surface area (Å²) in [5.74, 6) is 1.82. The number of amides is 1. The van der Waals surface area contributed by atoms with Gasteiger partial charge in [0.15, 0.2) is 0 Å². The average Bonchev–Trinajstić information content (AvgIpc) is 3.27. The summed E-state index contributed by atoms with van der Waals surface area (Å²) in [6.45, 7) is 11.2. The lowest BCUT2D eigenvalue weighted by Crippen LogP contribution is -2.36. The van der Waals surface area contributed by atoms with Crippen LogP contribution in [0.3, 0.4) is 0 Å². The molecule has 0 saturated carbocycles. The van der Waals surface area contributed by atoms with Crippen molar-refractivity contribution < 1.29 is 9.21 Å². The molecular formula is C22H30N2O2. The van der Waals surface area contributed by atoms with E-state index in [1.807, 2.05) is 43.3 Å². The van der Waals surface area contributed by atoms with Crippen molar-refractivity contribution in [2.24, 2.45) is 0 Å². The molecule has 1 fully saturated rings. The number of hydrogen-bond acceptors (Lipinski definition) is 3. The minimum absolute atomic E-state index is 0.0297. The van der Waals surface area contributed by atoms with Crippen LogP contribution >= 0.6 is 0 Å². The number of nitrogens with one attached hydrogen (secondary N) is 1. The van der Waals surface area contributed by atoms with E-state index in [1.165, 1.54) is 18.4 Å². The van der Waals surface area contributed by atoms with Crippen LogP contribution in [0.15, 0.2) is 40.8 Å². The second-order valence-electron chi connectivity index (χ2n) is 8.24. The molecule has 1 N–H and O–H groups in total. The first-order valence-corrected chi connectivity index (χ1v) is 9.54. The standard InChI is InChI=1S/C22H30N2O2/c1-16-7-12-20(26-16)19(24-13-5-6-14-24)15-23-21(25)17-8-10-18(11-9-17)22(2,3)4/h7-12,19H,5-6,13-15H2,1-4H3,(H,23,25). The maximum atomic E-state index is 12.6. The van der Waals surface area contributed by atoms with E-state index < -0.39 is 0 Å². The number of furan rings is 1. The molecule has 0 spiro atoms. The van der Waals surface area contributed by atoms with E-state index in [-0.39, 0.29) is 17.4 Å². The van der Waals surface area contributed by atoms with Crippen molar-refractivity contribution in [1.82, 2.24) is 10.2 Å². The minimum atomic E-state index is -0.0297. The molecule has 2 heterocycles. The highest BCUT2D eigenvalue weighted by molar-refractivity contribution is 5.94. The van der Waals surface area contributed by atoms with Crippen LogP contribution in [0.4, 0.5) is 0 Å². The van der Waals surface area contributed by atoms with Gasteiger partial charge in [0.25, 0.3) is 5.91 Å². The van der Waals surface area contributed by atoms with Crippen LogP contribution in [0.1, 0.15) is 67.1 Å². The van der Waals surface area contributed by atoms with E-state index in [9.17, 15) is 4.79 Å². The zero-order chi connectivity index (χ0) is 18.7. The SMILES string of the molecule is Cc1ccc(C(CNC(=O)c2ccc(C(C)(C)C)cc2)N2CCCC2)o1. The maximum absolute atomic E-state index is 12.6. The number of carbonyl (C=O) groups excluding carboxylic acids is 1. The molecule has 2 aromatic rings. The Balaban J connectivity index is 1.67. The van der Waals surface area contributed by atoms with Crippen LogP contribution in [0.25, 0.3) is 0 Å². The maximum Gasteiger partial charge on any atom is 0.251 e. The number of carbonyl (C=O) groups is 1. The largest absolute Gasteiger partial charge is 0.465 e. The van der Waals surface area contributed by atoms with E-state index in [0.29, 0.717) is 12.1 Å². The van der Waals surface area contributed by atoms with Crippen LogP contribution in [0.5, 0.6) is 0 Å². The van der Waals surface area contributed by atoms with E-state index in [1.54, 1.807) is 0 Å². The molecule has 1 aliphatic heterocycles. The summed E-state index contributed by atoms with van der Waals surface area (Å²) in [6, 6.07) is 12.0. The van der Waals surface area contributed by atoms with Crippen molar-refractivity contribution in [3.8, 4) is 0 Å². The predicted octanol–water partition coefficient (Wildman–Crippen LogP) is 4.45. The van der Waals surface area contributed by atoms with Gasteiger partial charge < -0.3 is 9.73 Å². The number of hydrogen-bond donors (Lipinski definition) is 1. The van der Waals surface area contributed by atoms with Gasteiger partial charge in [0.2, 0.25) is 0 Å². The monoisotopic (exact) mass is 354 g/mol. The van der Waals surface area contributed by atoms with Crippen molar-refractivity contribution in [2.75, 3.05) is 19.6 Å². The highest BCUT2D eigenvalue weighted by Gasteiger charge is 2.26. The number of aryl methyl sites for hydroxylation is 1. The highest BCUT2D eigenvalue weighted by atomic mass is 16.3. The highest BCUT2D eigenvalue weighted by Crippen LogP contribution is 2.26. The molecule has 0 radical (unpaired) electrons. The first-order chi connectivity index (χ1) is 12.3. The van der Waals surface area contributed by atoms with E-state index in [4.69, 9.17) is 4.42 Å². The zero-order valence-electron chi connectivity index (χ0n) is 16.3. The summed E-state index contributed by atoms with van der Waals surface area (Å²) in [5, 5.41) is 3.10. The lowest BCUT2D eigenvalue weighted by molar-refractivity contribution is 0.0933. The lowest BCUT2D eigenvalue weighted by Gasteiger charge is -2.26. The van der Waals surface area contributed by atoms with Crippen molar-refractivity contribution in [1.29, 1.82) is 0 Å². The predicted molar refractivity (Wildman–Crippen MR) is 104 cm³/mol. The fourth-order valence-corrected chi connectivity index (χ4v) is 3.51. The molecule has 4 nitrogen and oxygen atoms in total. The topological polar surface area (TPSA) is 45.5 Å². The Labute approximate surface area is 156 Å². The van der Waals surface area contributed by atoms with Gasteiger partial charge in [-0.25, -0.2) is 0 Å². The first-order valence-electron chi connectivity index (χ1n) is 9.54. The van der Waals surface area contributed by atoms with Gasteiger partial charge in [-0.3, -0.25) is 9.69 Å². The third-order valence-electron chi connectivity index (χ3n) is 5.14. The Hall–Kier alpha value is -2.07. The molecule has 1 saturated heterocycles. The van der Waals surface area contributed by atoms with Crippen molar-refractivity contribution in [3.63, 3.8) is 0 Å². The number of rotatable bonds is 5. The minimum Gasteiger partial charge on any atom is -0.465 e. The molecule has 3 rings (SSSR count). The van der Waals surface area contributed by atoms with E-state index in [0.717, 1.165) is 24.6 Å². The fraction of sp³-hybridized carbons (Fsp3) is 0.500. The fourth-order valence-electron chi connectivity index (χ4n) is 3.51. The average molecular weight is 354 g/mol. The summed E-state index contributed by atoms with van der Waals surface area (Å²) < 4.78 is 5.86. The third kappa shape index (κ3) is 4.36. The van der Waals surface area contributed by atoms with Crippen molar-refractivity contribution in [3.05, 3.63) is 59.0 Å². The van der Waals surface area contributed by atoms with Crippen molar-refractivity contribution >= 4 is 5.91 Å². The van der Waals surface area contributed by atoms with Crippen LogP contribution < -0.4 is 5.32 Å². The van der Waals surface area contributed by atoms with Gasteiger partial charge >= 0.3 is 0 Å². The van der Waals surface area contributed by atoms with E-state index in [2.05, 4.69) is 31.0 Å². The van der Waals surface area contributed by atoms with Gasteiger partial charge in [-0.1, -0.05) is 32.9 Å². The Bertz CT molecular complexity index is 734. The quantitative estimate of drug-likeness (QED) is 0.863. The second-order valence-corrected chi connectivity index (χ2v) is 8.24. The smallest absolute Gasteiger partial charge is 0.251 e. The molecular weight excluding hydrogens is 324 g/mol. The van der Waals surface area contributed by atoms with Crippen LogP contribution in [-0.4, -0.2) is 30.4 Å². The molecule has 0 aliphatic carbocycles. The molecule has 1 aliphatic rings. The first kappa shape index (κ1) is 18.7. The summed E-state index contributed by atoms with van der Waals surface area (Å²) in [6.07, 6.45) is 2.41. The van der Waals surface area contributed by atoms with Crippen LogP contribution in [0.2, 0.25) is 0 Å². The Morgan fingerprint density at radius 3 is 2.31 bits per heavy atom. The summed E-state index contributed by atoms with van der Waals surface area (Å²) >= 11 is 0. The molecule has 1 unspecified atom stereocenters. The Morgan fingerprint density at radius 2 is 1.77 bits per heavy atom. The van der Waals surface area contributed by atoms with Gasteiger partial charge in [-0.05, 0) is 68.1 Å². The second kappa shape index (κ2) is 7.67. The molecule has 1 amide bonds.